The normalized spacial score (nSPS) is 20.8. The van der Waals surface area contributed by atoms with Crippen LogP contribution in [0.2, 0.25) is 0 Å². The Balaban J connectivity index is 2.52. The lowest BCUT2D eigenvalue weighted by molar-refractivity contribution is 0.176. The van der Waals surface area contributed by atoms with Crippen molar-refractivity contribution in [1.29, 1.82) is 0 Å². The predicted octanol–water partition coefficient (Wildman–Crippen LogP) is 2.60. The molecule has 3 nitrogen and oxygen atoms in total. The van der Waals surface area contributed by atoms with Crippen LogP contribution in [0.25, 0.3) is 10.9 Å². The second-order valence-electron chi connectivity index (χ2n) is 5.57. The second-order valence-corrected chi connectivity index (χ2v) is 5.57. The van der Waals surface area contributed by atoms with Crippen molar-refractivity contribution in [3.8, 4) is 5.88 Å². The van der Waals surface area contributed by atoms with Gasteiger partial charge in [0.2, 0.25) is 5.88 Å². The Morgan fingerprint density at radius 3 is 2.67 bits per heavy atom. The highest BCUT2D eigenvalue weighted by molar-refractivity contribution is 5.81. The van der Waals surface area contributed by atoms with Gasteiger partial charge in [-0.15, -0.1) is 0 Å². The maximum Gasteiger partial charge on any atom is 0.201 e. The summed E-state index contributed by atoms with van der Waals surface area (Å²) in [5.74, 6) is 0.719. The van der Waals surface area contributed by atoms with E-state index >= 15 is 0 Å². The molecule has 0 N–H and O–H groups in total. The SMILES string of the molecule is C[C@@H]1Oc2c(c(=O)c3ccccc3n2C)C1(C)C. The largest absolute Gasteiger partial charge is 0.475 e. The first-order chi connectivity index (χ1) is 8.44. The quantitative estimate of drug-likeness (QED) is 0.712. The minimum absolute atomic E-state index is 0.0169. The van der Waals surface area contributed by atoms with Gasteiger partial charge in [-0.3, -0.25) is 4.79 Å². The van der Waals surface area contributed by atoms with Crippen LogP contribution in [0.3, 0.4) is 0 Å². The zero-order valence-electron chi connectivity index (χ0n) is 11.2. The number of hydrogen-bond acceptors (Lipinski definition) is 2. The average molecular weight is 243 g/mol. The first-order valence-corrected chi connectivity index (χ1v) is 6.23. The lowest BCUT2D eigenvalue weighted by Crippen LogP contribution is -2.32. The maximum atomic E-state index is 12.6. The molecule has 0 unspecified atom stereocenters. The summed E-state index contributed by atoms with van der Waals surface area (Å²) < 4.78 is 7.89. The lowest BCUT2D eigenvalue weighted by atomic mass is 9.82. The molecule has 3 rings (SSSR count). The Kier molecular flexibility index (Phi) is 2.12. The Labute approximate surface area is 106 Å². The molecule has 1 aromatic heterocycles. The van der Waals surface area contributed by atoms with Crippen molar-refractivity contribution >= 4 is 10.9 Å². The fourth-order valence-corrected chi connectivity index (χ4v) is 2.69. The van der Waals surface area contributed by atoms with Crippen molar-refractivity contribution in [2.45, 2.75) is 32.3 Å². The van der Waals surface area contributed by atoms with E-state index in [0.717, 1.165) is 22.3 Å². The minimum Gasteiger partial charge on any atom is -0.475 e. The number of para-hydroxylation sites is 1. The van der Waals surface area contributed by atoms with E-state index in [0.29, 0.717) is 0 Å². The molecular weight excluding hydrogens is 226 g/mol. The molecule has 18 heavy (non-hydrogen) atoms. The van der Waals surface area contributed by atoms with Crippen LogP contribution in [-0.2, 0) is 12.5 Å². The molecule has 0 saturated heterocycles. The van der Waals surface area contributed by atoms with Crippen molar-refractivity contribution < 1.29 is 4.74 Å². The molecule has 0 spiro atoms. The summed E-state index contributed by atoms with van der Waals surface area (Å²) in [5.41, 5.74) is 1.59. The zero-order chi connectivity index (χ0) is 13.1. The van der Waals surface area contributed by atoms with Crippen LogP contribution in [0.4, 0.5) is 0 Å². The minimum atomic E-state index is -0.242. The van der Waals surface area contributed by atoms with E-state index < -0.39 is 0 Å². The van der Waals surface area contributed by atoms with Gasteiger partial charge in [0.1, 0.15) is 6.10 Å². The number of hydrogen-bond donors (Lipinski definition) is 0. The van der Waals surface area contributed by atoms with Crippen LogP contribution in [-0.4, -0.2) is 10.7 Å². The van der Waals surface area contributed by atoms with Crippen LogP contribution in [0.1, 0.15) is 26.3 Å². The van der Waals surface area contributed by atoms with E-state index in [-0.39, 0.29) is 16.9 Å². The molecule has 1 atom stereocenters. The van der Waals surface area contributed by atoms with E-state index in [4.69, 9.17) is 4.74 Å². The third-order valence-corrected chi connectivity index (χ3v) is 4.20. The van der Waals surface area contributed by atoms with Crippen LogP contribution in [0, 0.1) is 0 Å². The van der Waals surface area contributed by atoms with E-state index in [2.05, 4.69) is 13.8 Å². The number of aryl methyl sites for hydroxylation is 1. The summed E-state index contributed by atoms with van der Waals surface area (Å²) in [6, 6.07) is 7.69. The predicted molar refractivity (Wildman–Crippen MR) is 72.3 cm³/mol. The van der Waals surface area contributed by atoms with Crippen molar-refractivity contribution in [2.24, 2.45) is 7.05 Å². The van der Waals surface area contributed by atoms with Crippen LogP contribution in [0.15, 0.2) is 29.1 Å². The molecule has 0 aliphatic carbocycles. The summed E-state index contributed by atoms with van der Waals surface area (Å²) in [6.45, 7) is 6.16. The highest BCUT2D eigenvalue weighted by Gasteiger charge is 2.42. The van der Waals surface area contributed by atoms with Gasteiger partial charge >= 0.3 is 0 Å². The third-order valence-electron chi connectivity index (χ3n) is 4.20. The highest BCUT2D eigenvalue weighted by Crippen LogP contribution is 2.41. The van der Waals surface area contributed by atoms with E-state index in [1.165, 1.54) is 0 Å². The Morgan fingerprint density at radius 1 is 1.28 bits per heavy atom. The number of benzene rings is 1. The highest BCUT2D eigenvalue weighted by atomic mass is 16.5. The zero-order valence-corrected chi connectivity index (χ0v) is 11.2. The van der Waals surface area contributed by atoms with Gasteiger partial charge in [0.05, 0.1) is 11.1 Å². The number of aromatic nitrogens is 1. The maximum absolute atomic E-state index is 12.6. The first kappa shape index (κ1) is 11.3. The molecule has 94 valence electrons. The molecule has 0 radical (unpaired) electrons. The molecule has 1 aliphatic heterocycles. The topological polar surface area (TPSA) is 31.2 Å². The molecule has 1 aromatic carbocycles. The van der Waals surface area contributed by atoms with E-state index in [1.54, 1.807) is 0 Å². The number of fused-ring (bicyclic) bond motifs is 2. The van der Waals surface area contributed by atoms with Crippen LogP contribution in [0.5, 0.6) is 5.88 Å². The molecule has 0 amide bonds. The standard InChI is InChI=1S/C15H17NO2/c1-9-15(2,3)12-13(17)10-7-5-6-8-11(10)16(4)14(12)18-9/h5-9H,1-4H3/t9-/m0/s1. The van der Waals surface area contributed by atoms with Crippen LogP contribution < -0.4 is 10.2 Å². The van der Waals surface area contributed by atoms with Gasteiger partial charge in [-0.1, -0.05) is 26.0 Å². The van der Waals surface area contributed by atoms with Gasteiger partial charge in [0.25, 0.3) is 0 Å². The van der Waals surface area contributed by atoms with Crippen molar-refractivity contribution in [1.82, 2.24) is 4.57 Å². The first-order valence-electron chi connectivity index (χ1n) is 6.23. The molecule has 0 fully saturated rings. The number of ether oxygens (including phenoxy) is 1. The van der Waals surface area contributed by atoms with Gasteiger partial charge in [0.15, 0.2) is 5.43 Å². The number of pyridine rings is 1. The Bertz CT molecular complexity index is 697. The van der Waals surface area contributed by atoms with Gasteiger partial charge < -0.3 is 9.30 Å². The van der Waals surface area contributed by atoms with Crippen molar-refractivity contribution in [2.75, 3.05) is 0 Å². The van der Waals surface area contributed by atoms with E-state index in [1.807, 2.05) is 42.8 Å². The molecule has 1 aliphatic rings. The fraction of sp³-hybridized carbons (Fsp3) is 0.400. The molecule has 2 aromatic rings. The molecule has 3 heteroatoms. The summed E-state index contributed by atoms with van der Waals surface area (Å²) in [4.78, 5) is 12.6. The summed E-state index contributed by atoms with van der Waals surface area (Å²) in [6.07, 6.45) is 0.0169. The van der Waals surface area contributed by atoms with Gasteiger partial charge in [-0.05, 0) is 19.1 Å². The van der Waals surface area contributed by atoms with Crippen LogP contribution >= 0.6 is 0 Å². The van der Waals surface area contributed by atoms with Crippen molar-refractivity contribution in [3.05, 3.63) is 40.1 Å². The van der Waals surface area contributed by atoms with Gasteiger partial charge in [-0.2, -0.15) is 0 Å². The summed E-state index contributed by atoms with van der Waals surface area (Å²) >= 11 is 0. The lowest BCUT2D eigenvalue weighted by Gasteiger charge is -2.21. The molecule has 0 bridgehead atoms. The fourth-order valence-electron chi connectivity index (χ4n) is 2.69. The Hall–Kier alpha value is -1.77. The average Bonchev–Trinajstić information content (AvgIpc) is 2.58. The number of rotatable bonds is 0. The third kappa shape index (κ3) is 1.22. The summed E-state index contributed by atoms with van der Waals surface area (Å²) in [7, 11) is 1.95. The monoisotopic (exact) mass is 243 g/mol. The smallest absolute Gasteiger partial charge is 0.201 e. The molecule has 0 saturated carbocycles. The van der Waals surface area contributed by atoms with Crippen molar-refractivity contribution in [3.63, 3.8) is 0 Å². The summed E-state index contributed by atoms with van der Waals surface area (Å²) in [5, 5.41) is 0.768. The van der Waals surface area contributed by atoms with Gasteiger partial charge in [-0.25, -0.2) is 0 Å². The van der Waals surface area contributed by atoms with E-state index in [9.17, 15) is 4.79 Å². The second kappa shape index (κ2) is 3.37. The number of nitrogens with zero attached hydrogens (tertiary/aromatic N) is 1. The molecule has 2 heterocycles. The van der Waals surface area contributed by atoms with Gasteiger partial charge in [0, 0.05) is 17.8 Å². The molecular formula is C15H17NO2. The Morgan fingerprint density at radius 2 is 1.94 bits per heavy atom.